The van der Waals surface area contributed by atoms with Crippen LogP contribution in [-0.4, -0.2) is 33.5 Å². The van der Waals surface area contributed by atoms with Gasteiger partial charge in [0.2, 0.25) is 5.88 Å². The van der Waals surface area contributed by atoms with E-state index in [-0.39, 0.29) is 5.88 Å². The molecule has 0 aliphatic carbocycles. The predicted octanol–water partition coefficient (Wildman–Crippen LogP) is 2.83. The van der Waals surface area contributed by atoms with Gasteiger partial charge < -0.3 is 10.5 Å². The van der Waals surface area contributed by atoms with E-state index in [4.69, 9.17) is 15.5 Å². The first-order valence-corrected chi connectivity index (χ1v) is 8.74. The molecule has 0 atom stereocenters. The van der Waals surface area contributed by atoms with Crippen LogP contribution in [0.25, 0.3) is 11.4 Å². The molecule has 4 rings (SSSR count). The summed E-state index contributed by atoms with van der Waals surface area (Å²) < 4.78 is 18.7. The van der Waals surface area contributed by atoms with E-state index in [0.29, 0.717) is 12.4 Å². The van der Waals surface area contributed by atoms with Gasteiger partial charge in [0.15, 0.2) is 11.6 Å². The van der Waals surface area contributed by atoms with Crippen LogP contribution in [0.5, 0.6) is 5.88 Å². The molecule has 6 nitrogen and oxygen atoms in total. The Bertz CT molecular complexity index is 961. The first-order chi connectivity index (χ1) is 13.1. The topological polar surface area (TPSA) is 77.2 Å². The highest BCUT2D eigenvalue weighted by molar-refractivity contribution is 5.58. The number of pyridine rings is 1. The van der Waals surface area contributed by atoms with Crippen molar-refractivity contribution in [2.45, 2.75) is 19.5 Å². The number of rotatable bonds is 4. The SMILES string of the molecule is COc1ncc(CN2CCc3nc(-c4ccc(N)cc4)ncc3C2)cc1F. The summed E-state index contributed by atoms with van der Waals surface area (Å²) in [6.07, 6.45) is 4.36. The van der Waals surface area contributed by atoms with E-state index in [2.05, 4.69) is 14.9 Å². The molecule has 1 aliphatic heterocycles. The van der Waals surface area contributed by atoms with Crippen LogP contribution in [0.15, 0.2) is 42.7 Å². The second-order valence-corrected chi connectivity index (χ2v) is 6.58. The number of hydrogen-bond donors (Lipinski definition) is 1. The minimum Gasteiger partial charge on any atom is -0.479 e. The zero-order valence-corrected chi connectivity index (χ0v) is 15.0. The predicted molar refractivity (Wildman–Crippen MR) is 100 cm³/mol. The van der Waals surface area contributed by atoms with Crippen LogP contribution in [0.1, 0.15) is 16.8 Å². The Morgan fingerprint density at radius 3 is 2.74 bits per heavy atom. The summed E-state index contributed by atoms with van der Waals surface area (Å²) in [4.78, 5) is 15.5. The molecule has 0 unspecified atom stereocenters. The molecule has 0 radical (unpaired) electrons. The lowest BCUT2D eigenvalue weighted by molar-refractivity contribution is 0.242. The van der Waals surface area contributed by atoms with Gasteiger partial charge in [-0.05, 0) is 35.9 Å². The van der Waals surface area contributed by atoms with Gasteiger partial charge in [-0.2, -0.15) is 0 Å². The van der Waals surface area contributed by atoms with Gasteiger partial charge in [0.25, 0.3) is 0 Å². The van der Waals surface area contributed by atoms with Crippen molar-refractivity contribution in [1.82, 2.24) is 19.9 Å². The molecule has 0 amide bonds. The van der Waals surface area contributed by atoms with E-state index in [1.165, 1.54) is 13.2 Å². The summed E-state index contributed by atoms with van der Waals surface area (Å²) >= 11 is 0. The van der Waals surface area contributed by atoms with Gasteiger partial charge in [0, 0.05) is 55.3 Å². The maximum absolute atomic E-state index is 13.8. The highest BCUT2D eigenvalue weighted by Gasteiger charge is 2.19. The van der Waals surface area contributed by atoms with Gasteiger partial charge in [0.05, 0.1) is 12.8 Å². The Kier molecular flexibility index (Phi) is 4.68. The number of methoxy groups -OCH3 is 1. The third kappa shape index (κ3) is 3.73. The second kappa shape index (κ2) is 7.28. The Morgan fingerprint density at radius 1 is 1.19 bits per heavy atom. The van der Waals surface area contributed by atoms with Crippen molar-refractivity contribution >= 4 is 5.69 Å². The summed E-state index contributed by atoms with van der Waals surface area (Å²) in [7, 11) is 1.41. The number of hydrogen-bond acceptors (Lipinski definition) is 6. The zero-order chi connectivity index (χ0) is 18.8. The molecule has 27 heavy (non-hydrogen) atoms. The Labute approximate surface area is 156 Å². The summed E-state index contributed by atoms with van der Waals surface area (Å²) in [5.74, 6) is 0.291. The lowest BCUT2D eigenvalue weighted by Crippen LogP contribution is -2.31. The number of fused-ring (bicyclic) bond motifs is 1. The van der Waals surface area contributed by atoms with Crippen LogP contribution in [-0.2, 0) is 19.5 Å². The standard InChI is InChI=1S/C20H20FN5O/c1-27-20-17(21)8-13(9-24-20)11-26-7-6-18-15(12-26)10-23-19(25-18)14-2-4-16(22)5-3-14/h2-5,8-10H,6-7,11-12,22H2,1H3. The Morgan fingerprint density at radius 2 is 2.00 bits per heavy atom. The zero-order valence-electron chi connectivity index (χ0n) is 15.0. The first kappa shape index (κ1) is 17.4. The summed E-state index contributed by atoms with van der Waals surface area (Å²) in [5, 5.41) is 0. The molecule has 1 aliphatic rings. The van der Waals surface area contributed by atoms with Gasteiger partial charge in [-0.25, -0.2) is 19.3 Å². The minimum absolute atomic E-state index is 0.0198. The summed E-state index contributed by atoms with van der Waals surface area (Å²) in [6.45, 7) is 2.19. The molecule has 0 saturated heterocycles. The normalized spacial score (nSPS) is 14.0. The molecule has 138 valence electrons. The number of nitrogens with two attached hydrogens (primary N) is 1. The van der Waals surface area contributed by atoms with Gasteiger partial charge in [-0.3, -0.25) is 4.90 Å². The van der Waals surface area contributed by atoms with E-state index in [1.54, 1.807) is 6.20 Å². The maximum atomic E-state index is 13.8. The van der Waals surface area contributed by atoms with Crippen molar-refractivity contribution in [2.24, 2.45) is 0 Å². The van der Waals surface area contributed by atoms with Crippen LogP contribution in [0.2, 0.25) is 0 Å². The fourth-order valence-electron chi connectivity index (χ4n) is 3.24. The molecule has 0 bridgehead atoms. The number of nitrogens with zero attached hydrogens (tertiary/aromatic N) is 4. The lowest BCUT2D eigenvalue weighted by Gasteiger charge is -2.28. The number of nitrogen functional groups attached to an aromatic ring is 1. The second-order valence-electron chi connectivity index (χ2n) is 6.58. The van der Waals surface area contributed by atoms with E-state index in [0.717, 1.165) is 47.6 Å². The van der Waals surface area contributed by atoms with Crippen molar-refractivity contribution in [3.8, 4) is 17.3 Å². The quantitative estimate of drug-likeness (QED) is 0.717. The number of halogens is 1. The number of benzene rings is 1. The van der Waals surface area contributed by atoms with E-state index >= 15 is 0 Å². The fourth-order valence-corrected chi connectivity index (χ4v) is 3.24. The highest BCUT2D eigenvalue weighted by atomic mass is 19.1. The molecule has 1 aromatic carbocycles. The lowest BCUT2D eigenvalue weighted by atomic mass is 10.1. The Hall–Kier alpha value is -3.06. The summed E-state index contributed by atoms with van der Waals surface area (Å²) in [6, 6.07) is 9.03. The van der Waals surface area contributed by atoms with Gasteiger partial charge >= 0.3 is 0 Å². The fraction of sp³-hybridized carbons (Fsp3) is 0.250. The molecular weight excluding hydrogens is 345 g/mol. The monoisotopic (exact) mass is 365 g/mol. The van der Waals surface area contributed by atoms with E-state index < -0.39 is 5.82 Å². The molecule has 2 aromatic heterocycles. The van der Waals surface area contributed by atoms with Crippen LogP contribution >= 0.6 is 0 Å². The molecule has 3 heterocycles. The maximum Gasteiger partial charge on any atom is 0.250 e. The molecule has 2 N–H and O–H groups in total. The van der Waals surface area contributed by atoms with Gasteiger partial charge in [-0.1, -0.05) is 0 Å². The van der Waals surface area contributed by atoms with Crippen molar-refractivity contribution in [2.75, 3.05) is 19.4 Å². The average Bonchev–Trinajstić information content (AvgIpc) is 2.68. The molecular formula is C20H20FN5O. The summed E-state index contributed by atoms with van der Waals surface area (Å²) in [5.41, 5.74) is 10.4. The van der Waals surface area contributed by atoms with Gasteiger partial charge in [0.1, 0.15) is 0 Å². The van der Waals surface area contributed by atoms with Crippen LogP contribution in [0.4, 0.5) is 10.1 Å². The average molecular weight is 365 g/mol. The number of anilines is 1. The van der Waals surface area contributed by atoms with Crippen LogP contribution in [0, 0.1) is 5.82 Å². The van der Waals surface area contributed by atoms with E-state index in [9.17, 15) is 4.39 Å². The molecule has 0 spiro atoms. The first-order valence-electron chi connectivity index (χ1n) is 8.74. The number of ether oxygens (including phenoxy) is 1. The molecule has 3 aromatic rings. The molecule has 7 heteroatoms. The van der Waals surface area contributed by atoms with Crippen molar-refractivity contribution < 1.29 is 9.13 Å². The van der Waals surface area contributed by atoms with Crippen LogP contribution < -0.4 is 10.5 Å². The number of aromatic nitrogens is 3. The van der Waals surface area contributed by atoms with Gasteiger partial charge in [-0.15, -0.1) is 0 Å². The third-order valence-electron chi connectivity index (χ3n) is 4.65. The largest absolute Gasteiger partial charge is 0.479 e. The van der Waals surface area contributed by atoms with Crippen LogP contribution in [0.3, 0.4) is 0 Å². The molecule has 0 saturated carbocycles. The smallest absolute Gasteiger partial charge is 0.250 e. The van der Waals surface area contributed by atoms with Crippen molar-refractivity contribution in [3.05, 3.63) is 65.4 Å². The third-order valence-corrected chi connectivity index (χ3v) is 4.65. The van der Waals surface area contributed by atoms with Crippen molar-refractivity contribution in [3.63, 3.8) is 0 Å². The highest BCUT2D eigenvalue weighted by Crippen LogP contribution is 2.23. The Balaban J connectivity index is 1.48. The minimum atomic E-state index is -0.441. The van der Waals surface area contributed by atoms with E-state index in [1.807, 2.05) is 30.5 Å². The van der Waals surface area contributed by atoms with Crippen molar-refractivity contribution in [1.29, 1.82) is 0 Å². The molecule has 0 fully saturated rings.